The molecule has 0 saturated carbocycles. The summed E-state index contributed by atoms with van der Waals surface area (Å²) in [5, 5.41) is 6.11. The number of aliphatic imine (C=N–C) groups is 1. The molecule has 0 spiro atoms. The van der Waals surface area contributed by atoms with Crippen molar-refractivity contribution in [3.8, 4) is 0 Å². The number of hydrogen-bond donors (Lipinski definition) is 2. The van der Waals surface area contributed by atoms with Crippen molar-refractivity contribution in [2.75, 3.05) is 24.3 Å². The molecule has 5 nitrogen and oxygen atoms in total. The van der Waals surface area contributed by atoms with E-state index in [1.165, 1.54) is 5.56 Å². The van der Waals surface area contributed by atoms with Crippen molar-refractivity contribution < 1.29 is 0 Å². The predicted octanol–water partition coefficient (Wildman–Crippen LogP) is 3.26. The molecule has 6 heteroatoms. The van der Waals surface area contributed by atoms with Gasteiger partial charge >= 0.3 is 0 Å². The minimum absolute atomic E-state index is 0.403. The molecule has 0 bridgehead atoms. The first kappa shape index (κ1) is 16.3. The molecule has 2 rings (SSSR count). The van der Waals surface area contributed by atoms with Crippen LogP contribution in [0.5, 0.6) is 0 Å². The molecular weight excluding hydrogens is 294 g/mol. The molecule has 1 heterocycles. The van der Waals surface area contributed by atoms with Gasteiger partial charge in [0, 0.05) is 25.2 Å². The maximum Gasteiger partial charge on any atom is 0.193 e. The first-order valence-electron chi connectivity index (χ1n) is 7.24. The van der Waals surface area contributed by atoms with E-state index < -0.39 is 0 Å². The van der Waals surface area contributed by atoms with E-state index in [1.54, 1.807) is 11.3 Å². The van der Waals surface area contributed by atoms with Gasteiger partial charge in [0.05, 0.1) is 12.2 Å². The lowest BCUT2D eigenvalue weighted by Gasteiger charge is -2.09. The molecule has 1 aromatic carbocycles. The Kier molecular flexibility index (Phi) is 5.38. The van der Waals surface area contributed by atoms with Gasteiger partial charge in [0.25, 0.3) is 0 Å². The summed E-state index contributed by atoms with van der Waals surface area (Å²) in [6.07, 6.45) is 0. The minimum atomic E-state index is 0.403. The van der Waals surface area contributed by atoms with E-state index in [9.17, 15) is 0 Å². The molecule has 0 saturated heterocycles. The number of nitrogens with two attached hydrogens (primary N) is 1. The van der Waals surface area contributed by atoms with Gasteiger partial charge in [0.2, 0.25) is 0 Å². The Labute approximate surface area is 135 Å². The van der Waals surface area contributed by atoms with Gasteiger partial charge in [0.15, 0.2) is 11.1 Å². The zero-order valence-electron chi connectivity index (χ0n) is 13.5. The Balaban J connectivity index is 1.98. The first-order chi connectivity index (χ1) is 10.5. The summed E-state index contributed by atoms with van der Waals surface area (Å²) in [5.74, 6) is 0.889. The average Bonchev–Trinajstić information content (AvgIpc) is 2.94. The highest BCUT2D eigenvalue weighted by molar-refractivity contribution is 7.13. The second-order valence-corrected chi connectivity index (χ2v) is 6.46. The predicted molar refractivity (Wildman–Crippen MR) is 95.9 cm³/mol. The zero-order valence-corrected chi connectivity index (χ0v) is 14.3. The number of hydrogen-bond acceptors (Lipinski definition) is 4. The topological polar surface area (TPSA) is 66.5 Å². The highest BCUT2D eigenvalue weighted by atomic mass is 32.1. The number of benzene rings is 1. The van der Waals surface area contributed by atoms with E-state index in [4.69, 9.17) is 5.73 Å². The van der Waals surface area contributed by atoms with Crippen LogP contribution in [0.15, 0.2) is 34.6 Å². The summed E-state index contributed by atoms with van der Waals surface area (Å²) in [7, 11) is 3.95. The Morgan fingerprint density at radius 2 is 2.18 bits per heavy atom. The molecular formula is C16H23N5S. The van der Waals surface area contributed by atoms with Gasteiger partial charge in [-0.3, -0.25) is 0 Å². The lowest BCUT2D eigenvalue weighted by molar-refractivity contribution is 0.867. The van der Waals surface area contributed by atoms with Crippen LogP contribution >= 0.6 is 11.3 Å². The Hall–Kier alpha value is -2.08. The standard InChI is InChI=1S/C16H23N5S/c1-11(2)12-6-5-7-13(8-12)19-15(17)18-9-14-10-22-16(20-14)21(3)4/h5-8,10-11H,9H2,1-4H3,(H3,17,18,19). The number of rotatable bonds is 5. The van der Waals surface area contributed by atoms with Crippen molar-refractivity contribution in [2.45, 2.75) is 26.3 Å². The summed E-state index contributed by atoms with van der Waals surface area (Å²) < 4.78 is 0. The van der Waals surface area contributed by atoms with Crippen LogP contribution < -0.4 is 16.0 Å². The Bertz CT molecular complexity index is 645. The largest absolute Gasteiger partial charge is 0.370 e. The van der Waals surface area contributed by atoms with Crippen molar-refractivity contribution >= 4 is 28.1 Å². The average molecular weight is 317 g/mol. The monoisotopic (exact) mass is 317 g/mol. The highest BCUT2D eigenvalue weighted by Crippen LogP contribution is 2.19. The van der Waals surface area contributed by atoms with Crippen LogP contribution in [-0.2, 0) is 6.54 Å². The van der Waals surface area contributed by atoms with Gasteiger partial charge in [-0.05, 0) is 23.6 Å². The number of nitrogens with one attached hydrogen (secondary N) is 1. The molecule has 0 unspecified atom stereocenters. The molecule has 0 aliphatic heterocycles. The number of nitrogens with zero attached hydrogens (tertiary/aromatic N) is 3. The maximum atomic E-state index is 5.95. The van der Waals surface area contributed by atoms with Crippen molar-refractivity contribution in [3.63, 3.8) is 0 Å². The summed E-state index contributed by atoms with van der Waals surface area (Å²) in [6, 6.07) is 8.22. The molecule has 0 radical (unpaired) electrons. The molecule has 0 fully saturated rings. The summed E-state index contributed by atoms with van der Waals surface area (Å²) in [5.41, 5.74) is 9.11. The lowest BCUT2D eigenvalue weighted by atomic mass is 10.0. The van der Waals surface area contributed by atoms with Crippen LogP contribution in [0.1, 0.15) is 31.0 Å². The molecule has 0 amide bonds. The quantitative estimate of drug-likeness (QED) is 0.656. The number of anilines is 2. The van der Waals surface area contributed by atoms with E-state index in [0.29, 0.717) is 18.4 Å². The van der Waals surface area contributed by atoms with Gasteiger partial charge < -0.3 is 16.0 Å². The molecule has 0 aliphatic rings. The van der Waals surface area contributed by atoms with E-state index >= 15 is 0 Å². The van der Waals surface area contributed by atoms with E-state index in [2.05, 4.69) is 41.3 Å². The molecule has 0 aliphatic carbocycles. The smallest absolute Gasteiger partial charge is 0.193 e. The second kappa shape index (κ2) is 7.26. The zero-order chi connectivity index (χ0) is 16.1. The highest BCUT2D eigenvalue weighted by Gasteiger charge is 2.04. The Morgan fingerprint density at radius 3 is 2.82 bits per heavy atom. The van der Waals surface area contributed by atoms with Crippen LogP contribution in [0.25, 0.3) is 0 Å². The third kappa shape index (κ3) is 4.46. The van der Waals surface area contributed by atoms with Crippen molar-refractivity contribution in [1.29, 1.82) is 0 Å². The third-order valence-electron chi connectivity index (χ3n) is 3.16. The van der Waals surface area contributed by atoms with Crippen LogP contribution in [0.2, 0.25) is 0 Å². The molecule has 118 valence electrons. The normalized spacial score (nSPS) is 11.8. The fourth-order valence-corrected chi connectivity index (χ4v) is 2.65. The fraction of sp³-hybridized carbons (Fsp3) is 0.375. The van der Waals surface area contributed by atoms with Gasteiger partial charge in [0.1, 0.15) is 0 Å². The lowest BCUT2D eigenvalue weighted by Crippen LogP contribution is -2.22. The Morgan fingerprint density at radius 1 is 1.41 bits per heavy atom. The molecule has 1 aromatic heterocycles. The summed E-state index contributed by atoms with van der Waals surface area (Å²) in [6.45, 7) is 4.81. The van der Waals surface area contributed by atoms with Gasteiger partial charge in [-0.2, -0.15) is 0 Å². The summed E-state index contributed by atoms with van der Waals surface area (Å²) in [4.78, 5) is 10.8. The van der Waals surface area contributed by atoms with Crippen molar-refractivity contribution in [1.82, 2.24) is 4.98 Å². The molecule has 0 atom stereocenters. The first-order valence-corrected chi connectivity index (χ1v) is 8.12. The van der Waals surface area contributed by atoms with Crippen LogP contribution in [0, 0.1) is 0 Å². The summed E-state index contributed by atoms with van der Waals surface area (Å²) >= 11 is 1.60. The number of guanidine groups is 1. The van der Waals surface area contributed by atoms with E-state index in [1.807, 2.05) is 36.5 Å². The minimum Gasteiger partial charge on any atom is -0.370 e. The second-order valence-electron chi connectivity index (χ2n) is 5.62. The molecule has 22 heavy (non-hydrogen) atoms. The molecule has 3 N–H and O–H groups in total. The van der Waals surface area contributed by atoms with Gasteiger partial charge in [-0.1, -0.05) is 26.0 Å². The SMILES string of the molecule is CC(C)c1cccc(NC(N)=NCc2csc(N(C)C)n2)c1. The van der Waals surface area contributed by atoms with E-state index in [-0.39, 0.29) is 0 Å². The number of aromatic nitrogens is 1. The van der Waals surface area contributed by atoms with E-state index in [0.717, 1.165) is 16.5 Å². The van der Waals surface area contributed by atoms with Crippen LogP contribution in [-0.4, -0.2) is 25.0 Å². The van der Waals surface area contributed by atoms with Gasteiger partial charge in [-0.15, -0.1) is 11.3 Å². The van der Waals surface area contributed by atoms with Crippen LogP contribution in [0.4, 0.5) is 10.8 Å². The molecule has 2 aromatic rings. The third-order valence-corrected chi connectivity index (χ3v) is 4.22. The van der Waals surface area contributed by atoms with Gasteiger partial charge in [-0.25, -0.2) is 9.98 Å². The maximum absolute atomic E-state index is 5.95. The fourth-order valence-electron chi connectivity index (χ4n) is 1.90. The van der Waals surface area contributed by atoms with Crippen molar-refractivity contribution in [2.24, 2.45) is 10.7 Å². The van der Waals surface area contributed by atoms with Crippen LogP contribution in [0.3, 0.4) is 0 Å². The van der Waals surface area contributed by atoms with Crippen molar-refractivity contribution in [3.05, 3.63) is 40.9 Å². The number of thiazole rings is 1.